The summed E-state index contributed by atoms with van der Waals surface area (Å²) in [6.07, 6.45) is 0. The van der Waals surface area contributed by atoms with Crippen molar-refractivity contribution in [3.8, 4) is 0 Å². The average molecular weight is 351 g/mol. The van der Waals surface area contributed by atoms with Crippen molar-refractivity contribution >= 4 is 22.6 Å². The highest BCUT2D eigenvalue weighted by atomic mass is 16.4. The lowest BCUT2D eigenvalue weighted by Crippen LogP contribution is -2.35. The Bertz CT molecular complexity index is 1030. The van der Waals surface area contributed by atoms with Gasteiger partial charge in [-0.15, -0.1) is 0 Å². The molecule has 0 fully saturated rings. The molecule has 0 saturated carbocycles. The van der Waals surface area contributed by atoms with E-state index >= 15 is 0 Å². The van der Waals surface area contributed by atoms with Gasteiger partial charge in [-0.3, -0.25) is 9.59 Å². The number of carboxylic acids is 1. The number of carbonyl (C=O) groups excluding carboxylic acids is 1. The fraction of sp³-hybridized carbons (Fsp3) is 0.158. The maximum absolute atomic E-state index is 12.5. The molecule has 3 aromatic rings. The summed E-state index contributed by atoms with van der Waals surface area (Å²) in [6, 6.07) is 15.4. The van der Waals surface area contributed by atoms with E-state index in [4.69, 9.17) is 0 Å². The lowest BCUT2D eigenvalue weighted by molar-refractivity contribution is -0.122. The summed E-state index contributed by atoms with van der Waals surface area (Å²) in [5.41, 5.74) is 0.156. The number of amides is 1. The van der Waals surface area contributed by atoms with Gasteiger partial charge in [0, 0.05) is 5.39 Å². The third kappa shape index (κ3) is 3.46. The molecular formula is C19H17N3O4. The highest BCUT2D eigenvalue weighted by molar-refractivity contribution is 6.01. The lowest BCUT2D eigenvalue weighted by Gasteiger charge is -2.15. The number of nitrogens with one attached hydrogen (secondary N) is 1. The van der Waals surface area contributed by atoms with Crippen LogP contribution in [0.5, 0.6) is 0 Å². The number of aromatic carboxylic acids is 1. The Kier molecular flexibility index (Phi) is 4.79. The second kappa shape index (κ2) is 7.18. The molecule has 0 spiro atoms. The topological polar surface area (TPSA) is 101 Å². The average Bonchev–Trinajstić information content (AvgIpc) is 2.64. The summed E-state index contributed by atoms with van der Waals surface area (Å²) in [5.74, 6) is -1.68. The quantitative estimate of drug-likeness (QED) is 0.732. The minimum atomic E-state index is -1.26. The smallest absolute Gasteiger partial charge is 0.357 e. The first kappa shape index (κ1) is 17.3. The van der Waals surface area contributed by atoms with Crippen LogP contribution in [0.1, 0.15) is 29.0 Å². The summed E-state index contributed by atoms with van der Waals surface area (Å²) < 4.78 is 0.888. The molecule has 26 heavy (non-hydrogen) atoms. The molecule has 0 bridgehead atoms. The second-order valence-corrected chi connectivity index (χ2v) is 5.86. The zero-order valence-corrected chi connectivity index (χ0v) is 14.0. The fourth-order valence-electron chi connectivity index (χ4n) is 2.75. The van der Waals surface area contributed by atoms with Gasteiger partial charge in [0.25, 0.3) is 5.56 Å². The first-order chi connectivity index (χ1) is 12.5. The molecule has 2 aromatic carbocycles. The molecule has 0 aliphatic carbocycles. The van der Waals surface area contributed by atoms with Gasteiger partial charge < -0.3 is 10.4 Å². The number of fused-ring (bicyclic) bond motifs is 1. The number of hydrogen-bond donors (Lipinski definition) is 2. The molecule has 3 rings (SSSR count). The third-order valence-electron chi connectivity index (χ3n) is 4.04. The van der Waals surface area contributed by atoms with Crippen LogP contribution in [-0.4, -0.2) is 26.8 Å². The molecule has 132 valence electrons. The number of hydrogen-bond acceptors (Lipinski definition) is 4. The Morgan fingerprint density at radius 3 is 2.35 bits per heavy atom. The Morgan fingerprint density at radius 1 is 1.08 bits per heavy atom. The van der Waals surface area contributed by atoms with Crippen molar-refractivity contribution in [3.63, 3.8) is 0 Å². The molecule has 0 unspecified atom stereocenters. The van der Waals surface area contributed by atoms with Gasteiger partial charge in [0.15, 0.2) is 5.69 Å². The predicted octanol–water partition coefficient (Wildman–Crippen LogP) is 1.97. The number of benzene rings is 2. The van der Waals surface area contributed by atoms with Gasteiger partial charge in [0.2, 0.25) is 5.91 Å². The van der Waals surface area contributed by atoms with Gasteiger partial charge in [0.05, 0.1) is 11.4 Å². The standard InChI is InChI=1S/C19H17N3O4/c1-12(13-7-3-2-4-8-13)20-16(23)11-22-18(24)15-10-6-5-9-14(15)17(21-22)19(25)26/h2-10,12H,11H2,1H3,(H,20,23)(H,25,26)/t12-/m0/s1. The van der Waals surface area contributed by atoms with Crippen LogP contribution < -0.4 is 10.9 Å². The largest absolute Gasteiger partial charge is 0.476 e. The number of rotatable bonds is 5. The molecule has 1 aromatic heterocycles. The van der Waals surface area contributed by atoms with Crippen molar-refractivity contribution in [2.75, 3.05) is 0 Å². The van der Waals surface area contributed by atoms with E-state index in [0.29, 0.717) is 0 Å². The van der Waals surface area contributed by atoms with Crippen molar-refractivity contribution in [1.82, 2.24) is 15.1 Å². The van der Waals surface area contributed by atoms with E-state index in [1.54, 1.807) is 12.1 Å². The van der Waals surface area contributed by atoms with Crippen LogP contribution in [-0.2, 0) is 11.3 Å². The van der Waals surface area contributed by atoms with Crippen LogP contribution in [0.3, 0.4) is 0 Å². The highest BCUT2D eigenvalue weighted by Crippen LogP contribution is 2.13. The maximum Gasteiger partial charge on any atom is 0.357 e. The Balaban J connectivity index is 1.89. The van der Waals surface area contributed by atoms with Crippen molar-refractivity contribution in [2.24, 2.45) is 0 Å². The van der Waals surface area contributed by atoms with E-state index in [1.165, 1.54) is 12.1 Å². The molecule has 0 aliphatic rings. The first-order valence-corrected chi connectivity index (χ1v) is 8.05. The molecular weight excluding hydrogens is 334 g/mol. The van der Waals surface area contributed by atoms with Crippen LogP contribution in [0.15, 0.2) is 59.4 Å². The van der Waals surface area contributed by atoms with Gasteiger partial charge >= 0.3 is 5.97 Å². The van der Waals surface area contributed by atoms with E-state index in [1.807, 2.05) is 37.3 Å². The zero-order chi connectivity index (χ0) is 18.7. The van der Waals surface area contributed by atoms with E-state index < -0.39 is 17.4 Å². The lowest BCUT2D eigenvalue weighted by atomic mass is 10.1. The van der Waals surface area contributed by atoms with Crippen LogP contribution >= 0.6 is 0 Å². The molecule has 0 aliphatic heterocycles. The molecule has 1 amide bonds. The van der Waals surface area contributed by atoms with Crippen molar-refractivity contribution in [1.29, 1.82) is 0 Å². The molecule has 0 radical (unpaired) electrons. The van der Waals surface area contributed by atoms with Gasteiger partial charge in [-0.1, -0.05) is 48.5 Å². The molecule has 7 heteroatoms. The van der Waals surface area contributed by atoms with E-state index in [2.05, 4.69) is 10.4 Å². The van der Waals surface area contributed by atoms with Crippen LogP contribution in [0.25, 0.3) is 10.8 Å². The second-order valence-electron chi connectivity index (χ2n) is 5.86. The summed E-state index contributed by atoms with van der Waals surface area (Å²) >= 11 is 0. The summed E-state index contributed by atoms with van der Waals surface area (Å²) in [7, 11) is 0. The van der Waals surface area contributed by atoms with Gasteiger partial charge in [-0.25, -0.2) is 9.48 Å². The summed E-state index contributed by atoms with van der Waals surface area (Å²) in [6.45, 7) is 1.47. The monoisotopic (exact) mass is 351 g/mol. The zero-order valence-electron chi connectivity index (χ0n) is 14.0. The normalized spacial score (nSPS) is 11.9. The summed E-state index contributed by atoms with van der Waals surface area (Å²) in [5, 5.41) is 16.5. The van der Waals surface area contributed by atoms with Crippen molar-refractivity contribution in [3.05, 3.63) is 76.2 Å². The van der Waals surface area contributed by atoms with Crippen LogP contribution in [0.2, 0.25) is 0 Å². The van der Waals surface area contributed by atoms with Crippen molar-refractivity contribution in [2.45, 2.75) is 19.5 Å². The Labute approximate surface area is 148 Å². The summed E-state index contributed by atoms with van der Waals surface area (Å²) in [4.78, 5) is 36.3. The molecule has 0 saturated heterocycles. The van der Waals surface area contributed by atoms with Gasteiger partial charge in [0.1, 0.15) is 6.54 Å². The minimum absolute atomic E-state index is 0.212. The van der Waals surface area contributed by atoms with E-state index in [9.17, 15) is 19.5 Å². The molecule has 1 heterocycles. The fourth-order valence-corrected chi connectivity index (χ4v) is 2.75. The minimum Gasteiger partial charge on any atom is -0.476 e. The van der Waals surface area contributed by atoms with Gasteiger partial charge in [-0.05, 0) is 18.6 Å². The van der Waals surface area contributed by atoms with Crippen molar-refractivity contribution < 1.29 is 14.7 Å². The van der Waals surface area contributed by atoms with Crippen LogP contribution in [0, 0.1) is 0 Å². The SMILES string of the molecule is C[C@H](NC(=O)Cn1nc(C(=O)O)c2ccccc2c1=O)c1ccccc1. The van der Waals surface area contributed by atoms with E-state index in [0.717, 1.165) is 10.2 Å². The molecule has 7 nitrogen and oxygen atoms in total. The number of aromatic nitrogens is 2. The van der Waals surface area contributed by atoms with E-state index in [-0.39, 0.29) is 29.1 Å². The Hall–Kier alpha value is -3.48. The van der Waals surface area contributed by atoms with Crippen LogP contribution in [0.4, 0.5) is 0 Å². The number of carboxylic acid groups (broad SMARTS) is 1. The maximum atomic E-state index is 12.5. The predicted molar refractivity (Wildman–Crippen MR) is 96.0 cm³/mol. The molecule has 2 N–H and O–H groups in total. The highest BCUT2D eigenvalue weighted by Gasteiger charge is 2.17. The van der Waals surface area contributed by atoms with Gasteiger partial charge in [-0.2, -0.15) is 5.10 Å². The third-order valence-corrected chi connectivity index (χ3v) is 4.04. The molecule has 1 atom stereocenters. The first-order valence-electron chi connectivity index (χ1n) is 8.05. The Morgan fingerprint density at radius 2 is 1.69 bits per heavy atom. The number of nitrogens with zero attached hydrogens (tertiary/aromatic N) is 2. The number of carbonyl (C=O) groups is 2.